The minimum Gasteiger partial charge on any atom is -0.475 e. The zero-order valence-corrected chi connectivity index (χ0v) is 19.0. The lowest BCUT2D eigenvalue weighted by molar-refractivity contribution is -0.0687. The summed E-state index contributed by atoms with van der Waals surface area (Å²) in [5.74, 6) is 0.326. The standard InChI is InChI=1S/C22H29N5O4S/c1-30-17-10-26(11-17)16-9-27-22(31-12-16)20(8-24-27)32(28,29)25-15-6-14-5-13-3-2-4-18(13)21(23)19(14)7-15/h5,8,15-17,25H,2-4,6-7,9-12,23H2,1H3. The predicted molar refractivity (Wildman–Crippen MR) is 118 cm³/mol. The zero-order chi connectivity index (χ0) is 22.0. The lowest BCUT2D eigenvalue weighted by Crippen LogP contribution is -2.59. The Morgan fingerprint density at radius 3 is 2.84 bits per heavy atom. The van der Waals surface area contributed by atoms with Gasteiger partial charge >= 0.3 is 0 Å². The SMILES string of the molecule is COC1CN(C2COc3c(S(=O)(=O)NC4Cc5cc6c(c(N)c5C4)CCC6)cnn3C2)C1. The number of aromatic nitrogens is 2. The number of hydrogen-bond donors (Lipinski definition) is 2. The van der Waals surface area contributed by atoms with Crippen molar-refractivity contribution < 1.29 is 17.9 Å². The molecule has 2 aliphatic carbocycles. The van der Waals surface area contributed by atoms with Gasteiger partial charge in [-0.15, -0.1) is 0 Å². The van der Waals surface area contributed by atoms with E-state index in [-0.39, 0.29) is 23.1 Å². The van der Waals surface area contributed by atoms with Crippen molar-refractivity contribution in [3.8, 4) is 5.88 Å². The number of fused-ring (bicyclic) bond motifs is 3. The van der Waals surface area contributed by atoms with E-state index in [9.17, 15) is 8.42 Å². The van der Waals surface area contributed by atoms with Gasteiger partial charge in [0.05, 0.1) is 24.9 Å². The predicted octanol–water partition coefficient (Wildman–Crippen LogP) is 0.491. The fraction of sp³-hybridized carbons (Fsp3) is 0.591. The van der Waals surface area contributed by atoms with E-state index in [2.05, 4.69) is 20.8 Å². The van der Waals surface area contributed by atoms with Crippen molar-refractivity contribution in [1.82, 2.24) is 19.4 Å². The second-order valence-corrected chi connectivity index (χ2v) is 11.1. The van der Waals surface area contributed by atoms with Crippen molar-refractivity contribution in [2.75, 3.05) is 32.5 Å². The monoisotopic (exact) mass is 459 g/mol. The van der Waals surface area contributed by atoms with Gasteiger partial charge in [-0.2, -0.15) is 5.10 Å². The van der Waals surface area contributed by atoms with Crippen molar-refractivity contribution in [1.29, 1.82) is 0 Å². The van der Waals surface area contributed by atoms with Crippen molar-refractivity contribution in [3.63, 3.8) is 0 Å². The average molecular weight is 460 g/mol. The third-order valence-electron chi connectivity index (χ3n) is 7.46. The van der Waals surface area contributed by atoms with Crippen LogP contribution in [-0.2, 0) is 47.0 Å². The molecular formula is C22H29N5O4S. The van der Waals surface area contributed by atoms with Crippen molar-refractivity contribution in [2.24, 2.45) is 0 Å². The van der Waals surface area contributed by atoms with Crippen LogP contribution in [0.4, 0.5) is 5.69 Å². The maximum Gasteiger partial charge on any atom is 0.247 e. The summed E-state index contributed by atoms with van der Waals surface area (Å²) in [6, 6.07) is 2.20. The molecule has 2 aromatic rings. The molecule has 0 radical (unpaired) electrons. The number of benzene rings is 1. The van der Waals surface area contributed by atoms with Gasteiger partial charge in [-0.25, -0.2) is 17.8 Å². The fourth-order valence-electron chi connectivity index (χ4n) is 5.64. The molecule has 0 saturated carbocycles. The maximum atomic E-state index is 13.2. The smallest absolute Gasteiger partial charge is 0.247 e. The van der Waals surface area contributed by atoms with Crippen LogP contribution in [0.3, 0.4) is 0 Å². The summed E-state index contributed by atoms with van der Waals surface area (Å²) in [5, 5.41) is 4.32. The van der Waals surface area contributed by atoms with Crippen LogP contribution in [-0.4, -0.2) is 68.1 Å². The molecule has 172 valence electrons. The molecule has 1 saturated heterocycles. The molecule has 4 aliphatic rings. The number of methoxy groups -OCH3 is 1. The Hall–Kier alpha value is -2.14. The molecule has 3 heterocycles. The van der Waals surface area contributed by atoms with E-state index in [1.54, 1.807) is 11.8 Å². The molecule has 0 amide bonds. The Morgan fingerprint density at radius 1 is 1.19 bits per heavy atom. The highest BCUT2D eigenvalue weighted by molar-refractivity contribution is 7.89. The zero-order valence-electron chi connectivity index (χ0n) is 18.2. The second-order valence-electron chi connectivity index (χ2n) is 9.42. The molecule has 0 bridgehead atoms. The molecule has 2 aliphatic heterocycles. The summed E-state index contributed by atoms with van der Waals surface area (Å²) in [4.78, 5) is 2.39. The summed E-state index contributed by atoms with van der Waals surface area (Å²) in [7, 11) is -2.04. The lowest BCUT2D eigenvalue weighted by atomic mass is 9.99. The number of anilines is 1. The number of sulfonamides is 1. The lowest BCUT2D eigenvalue weighted by Gasteiger charge is -2.44. The summed E-state index contributed by atoms with van der Waals surface area (Å²) in [6.07, 6.45) is 6.18. The van der Waals surface area contributed by atoms with E-state index in [0.29, 0.717) is 31.9 Å². The van der Waals surface area contributed by atoms with Gasteiger partial charge in [-0.05, 0) is 54.4 Å². The van der Waals surface area contributed by atoms with E-state index in [4.69, 9.17) is 15.2 Å². The van der Waals surface area contributed by atoms with Gasteiger partial charge in [0.2, 0.25) is 15.9 Å². The summed E-state index contributed by atoms with van der Waals surface area (Å²) >= 11 is 0. The molecule has 1 fully saturated rings. The number of rotatable bonds is 5. The van der Waals surface area contributed by atoms with Gasteiger partial charge in [0.25, 0.3) is 0 Å². The molecular weight excluding hydrogens is 430 g/mol. The molecule has 2 atom stereocenters. The van der Waals surface area contributed by atoms with Crippen LogP contribution in [0, 0.1) is 0 Å². The number of nitrogens with two attached hydrogens (primary N) is 1. The third kappa shape index (κ3) is 3.23. The van der Waals surface area contributed by atoms with Gasteiger partial charge in [-0.1, -0.05) is 6.07 Å². The normalized spacial score (nSPS) is 25.2. The Kier molecular flexibility index (Phi) is 4.76. The Bertz CT molecular complexity index is 1170. The number of ether oxygens (including phenoxy) is 2. The van der Waals surface area contributed by atoms with Crippen LogP contribution in [0.1, 0.15) is 28.7 Å². The van der Waals surface area contributed by atoms with Gasteiger partial charge in [0, 0.05) is 31.9 Å². The van der Waals surface area contributed by atoms with E-state index in [0.717, 1.165) is 43.6 Å². The first-order chi connectivity index (χ1) is 15.4. The molecule has 10 heteroatoms. The van der Waals surface area contributed by atoms with Crippen molar-refractivity contribution >= 4 is 15.7 Å². The van der Waals surface area contributed by atoms with Gasteiger partial charge in [0.15, 0.2) is 4.90 Å². The molecule has 0 spiro atoms. The largest absolute Gasteiger partial charge is 0.475 e. The van der Waals surface area contributed by atoms with E-state index in [1.807, 2.05) is 0 Å². The topological polar surface area (TPSA) is 112 Å². The highest BCUT2D eigenvalue weighted by Gasteiger charge is 2.38. The molecule has 3 N–H and O–H groups in total. The summed E-state index contributed by atoms with van der Waals surface area (Å²) in [6.45, 7) is 2.78. The first-order valence-corrected chi connectivity index (χ1v) is 12.8. The second kappa shape index (κ2) is 7.44. The first-order valence-electron chi connectivity index (χ1n) is 11.3. The number of nitrogens with zero attached hydrogens (tertiary/aromatic N) is 3. The summed E-state index contributed by atoms with van der Waals surface area (Å²) < 4.78 is 42.2. The maximum absolute atomic E-state index is 13.2. The molecule has 2 unspecified atom stereocenters. The Labute approximate surface area is 187 Å². The van der Waals surface area contributed by atoms with Crippen LogP contribution in [0.25, 0.3) is 0 Å². The van der Waals surface area contributed by atoms with Crippen LogP contribution < -0.4 is 15.2 Å². The van der Waals surface area contributed by atoms with Crippen LogP contribution in [0.15, 0.2) is 17.2 Å². The highest BCUT2D eigenvalue weighted by Crippen LogP contribution is 2.37. The van der Waals surface area contributed by atoms with Gasteiger partial charge < -0.3 is 15.2 Å². The summed E-state index contributed by atoms with van der Waals surface area (Å²) in [5.41, 5.74) is 12.2. The molecule has 1 aromatic carbocycles. The third-order valence-corrected chi connectivity index (χ3v) is 8.96. The van der Waals surface area contributed by atoms with Gasteiger partial charge in [-0.3, -0.25) is 4.90 Å². The van der Waals surface area contributed by atoms with E-state index < -0.39 is 10.0 Å². The van der Waals surface area contributed by atoms with Gasteiger partial charge in [0.1, 0.15) is 6.61 Å². The average Bonchev–Trinajstić information content (AvgIpc) is 3.44. The number of aryl methyl sites for hydroxylation is 1. The van der Waals surface area contributed by atoms with E-state index in [1.165, 1.54) is 22.9 Å². The number of likely N-dealkylation sites (tertiary alicyclic amines) is 1. The van der Waals surface area contributed by atoms with Crippen molar-refractivity contribution in [3.05, 3.63) is 34.5 Å². The molecule has 1 aromatic heterocycles. The number of nitrogen functional groups attached to an aromatic ring is 1. The number of nitrogens with one attached hydrogen (secondary N) is 1. The quantitative estimate of drug-likeness (QED) is 0.626. The molecule has 6 rings (SSSR count). The fourth-order valence-corrected chi connectivity index (χ4v) is 6.95. The van der Waals surface area contributed by atoms with Crippen molar-refractivity contribution in [2.45, 2.75) is 61.7 Å². The first kappa shape index (κ1) is 20.5. The van der Waals surface area contributed by atoms with E-state index >= 15 is 0 Å². The molecule has 32 heavy (non-hydrogen) atoms. The number of hydrogen-bond acceptors (Lipinski definition) is 7. The minimum atomic E-state index is -3.76. The van der Waals surface area contributed by atoms with Crippen LogP contribution >= 0.6 is 0 Å². The van der Waals surface area contributed by atoms with Crippen LogP contribution in [0.2, 0.25) is 0 Å². The Morgan fingerprint density at radius 2 is 2.03 bits per heavy atom. The Balaban J connectivity index is 1.17. The molecule has 9 nitrogen and oxygen atoms in total. The highest BCUT2D eigenvalue weighted by atomic mass is 32.2. The van der Waals surface area contributed by atoms with Crippen LogP contribution in [0.5, 0.6) is 5.88 Å². The minimum absolute atomic E-state index is 0.112.